The molecule has 0 aliphatic heterocycles. The number of amides is 1. The van der Waals surface area contributed by atoms with Gasteiger partial charge in [0.2, 0.25) is 0 Å². The molecule has 0 fully saturated rings. The van der Waals surface area contributed by atoms with Gasteiger partial charge in [0.25, 0.3) is 5.56 Å². The molecule has 144 valence electrons. The average molecular weight is 396 g/mol. The molecule has 1 amide bonds. The molecule has 9 nitrogen and oxygen atoms in total. The van der Waals surface area contributed by atoms with E-state index >= 15 is 0 Å². The smallest absolute Gasteiger partial charge is 0.413 e. The Labute approximate surface area is 158 Å². The van der Waals surface area contributed by atoms with E-state index < -0.39 is 34.6 Å². The highest BCUT2D eigenvalue weighted by Crippen LogP contribution is 2.12. The van der Waals surface area contributed by atoms with E-state index in [0.717, 1.165) is 10.1 Å². The highest BCUT2D eigenvalue weighted by atomic mass is 35.5. The minimum atomic E-state index is -0.947. The second-order valence-corrected chi connectivity index (χ2v) is 5.64. The third kappa shape index (κ3) is 5.28. The number of hydrogen-bond donors (Lipinski definition) is 2. The topological polar surface area (TPSA) is 119 Å². The van der Waals surface area contributed by atoms with Crippen molar-refractivity contribution in [1.82, 2.24) is 9.55 Å². The van der Waals surface area contributed by atoms with Crippen molar-refractivity contribution in [3.8, 4) is 0 Å². The first-order valence-corrected chi connectivity index (χ1v) is 8.44. The minimum absolute atomic E-state index is 0.0109. The van der Waals surface area contributed by atoms with Crippen molar-refractivity contribution in [2.75, 3.05) is 24.9 Å². The molecule has 1 aromatic heterocycles. The van der Waals surface area contributed by atoms with Crippen LogP contribution in [0.4, 0.5) is 10.6 Å². The molecule has 0 saturated heterocycles. The number of benzene rings is 1. The predicted molar refractivity (Wildman–Crippen MR) is 98.5 cm³/mol. The van der Waals surface area contributed by atoms with E-state index in [1.165, 1.54) is 7.11 Å². The van der Waals surface area contributed by atoms with Gasteiger partial charge in [-0.1, -0.05) is 30.3 Å². The third-order valence-electron chi connectivity index (χ3n) is 3.55. The molecule has 0 spiro atoms. The monoisotopic (exact) mass is 395 g/mol. The summed E-state index contributed by atoms with van der Waals surface area (Å²) in [4.78, 5) is 50.4. The van der Waals surface area contributed by atoms with Gasteiger partial charge < -0.3 is 9.47 Å². The molecule has 0 aliphatic rings. The Morgan fingerprint density at radius 2 is 1.93 bits per heavy atom. The zero-order valence-corrected chi connectivity index (χ0v) is 15.2. The number of carbonyl (C=O) groups excluding carboxylic acids is 2. The van der Waals surface area contributed by atoms with E-state index in [-0.39, 0.29) is 25.6 Å². The molecule has 2 N–H and O–H groups in total. The van der Waals surface area contributed by atoms with Crippen LogP contribution in [-0.2, 0) is 22.6 Å². The number of hydrogen-bond acceptors (Lipinski definition) is 6. The van der Waals surface area contributed by atoms with Crippen LogP contribution in [0.1, 0.15) is 15.9 Å². The maximum absolute atomic E-state index is 12.2. The molecule has 0 radical (unpaired) electrons. The van der Waals surface area contributed by atoms with Gasteiger partial charge in [-0.2, -0.15) is 0 Å². The van der Waals surface area contributed by atoms with E-state index in [2.05, 4.69) is 5.32 Å². The van der Waals surface area contributed by atoms with Crippen molar-refractivity contribution in [3.05, 3.63) is 62.3 Å². The number of alkyl halides is 1. The first-order chi connectivity index (χ1) is 13.0. The Bertz CT molecular complexity index is 923. The third-order valence-corrected chi connectivity index (χ3v) is 3.79. The molecule has 1 heterocycles. The molecular formula is C17H18ClN3O6. The summed E-state index contributed by atoms with van der Waals surface area (Å²) in [6, 6.07) is 8.91. The standard InChI is InChI=1S/C17H18ClN3O6/c1-26-8-7-21-14(13(12(22)9-18)15(23)20-16(21)24)19-17(25)27-10-11-5-3-2-4-6-11/h2-6H,7-10H2,1H3,(H,19,25)(H,20,23,24). The van der Waals surface area contributed by atoms with Crippen LogP contribution in [0.25, 0.3) is 0 Å². The predicted octanol–water partition coefficient (Wildman–Crippen LogP) is 1.35. The van der Waals surface area contributed by atoms with Crippen molar-refractivity contribution >= 4 is 29.3 Å². The van der Waals surface area contributed by atoms with Gasteiger partial charge in [-0.25, -0.2) is 9.59 Å². The van der Waals surface area contributed by atoms with Gasteiger partial charge in [0.05, 0.1) is 19.0 Å². The number of halogens is 1. The van der Waals surface area contributed by atoms with Crippen LogP contribution in [0.15, 0.2) is 39.9 Å². The summed E-state index contributed by atoms with van der Waals surface area (Å²) in [5, 5.41) is 2.30. The lowest BCUT2D eigenvalue weighted by Crippen LogP contribution is -2.38. The number of H-pyrrole nitrogens is 1. The second kappa shape index (κ2) is 9.70. The van der Waals surface area contributed by atoms with E-state index in [1.807, 2.05) is 11.1 Å². The van der Waals surface area contributed by atoms with Gasteiger partial charge in [-0.15, -0.1) is 11.6 Å². The molecule has 0 bridgehead atoms. The van der Waals surface area contributed by atoms with Crippen molar-refractivity contribution in [3.63, 3.8) is 0 Å². The summed E-state index contributed by atoms with van der Waals surface area (Å²) >= 11 is 5.55. The normalized spacial score (nSPS) is 10.4. The summed E-state index contributed by atoms with van der Waals surface area (Å²) in [7, 11) is 1.42. The van der Waals surface area contributed by atoms with Gasteiger partial charge in [0.15, 0.2) is 5.78 Å². The second-order valence-electron chi connectivity index (χ2n) is 5.37. The number of anilines is 1. The number of rotatable bonds is 8. The van der Waals surface area contributed by atoms with Crippen LogP contribution in [0.3, 0.4) is 0 Å². The summed E-state index contributed by atoms with van der Waals surface area (Å²) in [5.41, 5.74) is -1.44. The van der Waals surface area contributed by atoms with Crippen molar-refractivity contribution in [2.24, 2.45) is 0 Å². The van der Waals surface area contributed by atoms with Crippen LogP contribution >= 0.6 is 11.6 Å². The number of carbonyl (C=O) groups is 2. The van der Waals surface area contributed by atoms with Crippen molar-refractivity contribution in [1.29, 1.82) is 0 Å². The van der Waals surface area contributed by atoms with Gasteiger partial charge in [-0.3, -0.25) is 24.5 Å². The Hall–Kier alpha value is -2.91. The maximum Gasteiger partial charge on any atom is 0.413 e. The number of aromatic amines is 1. The molecule has 0 unspecified atom stereocenters. The van der Waals surface area contributed by atoms with Gasteiger partial charge in [-0.05, 0) is 5.56 Å². The molecule has 1 aromatic carbocycles. The molecule has 0 saturated carbocycles. The average Bonchev–Trinajstić information content (AvgIpc) is 2.66. The highest BCUT2D eigenvalue weighted by molar-refractivity contribution is 6.31. The Balaban J connectivity index is 2.33. The molecule has 10 heteroatoms. The van der Waals surface area contributed by atoms with E-state index in [4.69, 9.17) is 21.1 Å². The van der Waals surface area contributed by atoms with Crippen LogP contribution in [-0.4, -0.2) is 41.0 Å². The highest BCUT2D eigenvalue weighted by Gasteiger charge is 2.22. The Kier molecular flexibility index (Phi) is 7.33. The number of ether oxygens (including phenoxy) is 2. The fraction of sp³-hybridized carbons (Fsp3) is 0.294. The quantitative estimate of drug-likeness (QED) is 0.514. The summed E-state index contributed by atoms with van der Waals surface area (Å²) < 4.78 is 11.0. The SMILES string of the molecule is COCCn1c(NC(=O)OCc2ccccc2)c(C(=O)CCl)c(=O)[nH]c1=O. The summed E-state index contributed by atoms with van der Waals surface area (Å²) in [5.74, 6) is -1.54. The summed E-state index contributed by atoms with van der Waals surface area (Å²) in [6.45, 7) is 0.0636. The van der Waals surface area contributed by atoms with Crippen LogP contribution < -0.4 is 16.6 Å². The molecule has 0 atom stereocenters. The van der Waals surface area contributed by atoms with Crippen LogP contribution in [0, 0.1) is 0 Å². The molecule has 27 heavy (non-hydrogen) atoms. The zero-order valence-electron chi connectivity index (χ0n) is 14.5. The lowest BCUT2D eigenvalue weighted by Gasteiger charge is -2.16. The number of nitrogens with zero attached hydrogens (tertiary/aromatic N) is 1. The first-order valence-electron chi connectivity index (χ1n) is 7.90. The molecule has 2 aromatic rings. The molecular weight excluding hydrogens is 378 g/mol. The number of aromatic nitrogens is 2. The van der Waals surface area contributed by atoms with Crippen LogP contribution in [0.5, 0.6) is 0 Å². The minimum Gasteiger partial charge on any atom is -0.444 e. The molecule has 0 aliphatic carbocycles. The lowest BCUT2D eigenvalue weighted by atomic mass is 10.2. The fourth-order valence-electron chi connectivity index (χ4n) is 2.28. The largest absolute Gasteiger partial charge is 0.444 e. The van der Waals surface area contributed by atoms with Gasteiger partial charge in [0.1, 0.15) is 18.0 Å². The summed E-state index contributed by atoms with van der Waals surface area (Å²) in [6.07, 6.45) is -0.932. The van der Waals surface area contributed by atoms with Gasteiger partial charge >= 0.3 is 11.8 Å². The van der Waals surface area contributed by atoms with E-state index in [9.17, 15) is 19.2 Å². The maximum atomic E-state index is 12.2. The van der Waals surface area contributed by atoms with E-state index in [0.29, 0.717) is 0 Å². The van der Waals surface area contributed by atoms with Crippen molar-refractivity contribution in [2.45, 2.75) is 13.2 Å². The van der Waals surface area contributed by atoms with E-state index in [1.54, 1.807) is 24.3 Å². The lowest BCUT2D eigenvalue weighted by molar-refractivity contribution is 0.101. The van der Waals surface area contributed by atoms with Crippen LogP contribution in [0.2, 0.25) is 0 Å². The Morgan fingerprint density at radius 3 is 2.56 bits per heavy atom. The van der Waals surface area contributed by atoms with Gasteiger partial charge in [0, 0.05) is 7.11 Å². The molecule has 2 rings (SSSR count). The first kappa shape index (κ1) is 20.4. The number of nitrogens with one attached hydrogen (secondary N) is 2. The fourth-order valence-corrected chi connectivity index (χ4v) is 2.41. The number of methoxy groups -OCH3 is 1. The Morgan fingerprint density at radius 1 is 1.22 bits per heavy atom. The zero-order chi connectivity index (χ0) is 19.8. The van der Waals surface area contributed by atoms with Crippen molar-refractivity contribution < 1.29 is 19.1 Å². The number of Topliss-reactive ketones (excluding diaryl/α,β-unsaturated/α-hetero) is 1. The number of ketones is 1.